The molecular weight excluding hydrogens is 362 g/mol. The number of carbonyl (C=O) groups excluding carboxylic acids is 1. The van der Waals surface area contributed by atoms with Crippen molar-refractivity contribution in [3.05, 3.63) is 78.1 Å². The van der Waals surface area contributed by atoms with Crippen molar-refractivity contribution in [2.24, 2.45) is 5.92 Å². The van der Waals surface area contributed by atoms with Gasteiger partial charge < -0.3 is 14.2 Å². The third kappa shape index (κ3) is 4.74. The van der Waals surface area contributed by atoms with E-state index >= 15 is 0 Å². The molecule has 1 amide bonds. The first-order valence-electron chi connectivity index (χ1n) is 10.2. The third-order valence-corrected chi connectivity index (χ3v) is 5.50. The first-order valence-corrected chi connectivity index (χ1v) is 10.2. The molecule has 1 saturated heterocycles. The zero-order chi connectivity index (χ0) is 20.1. The average Bonchev–Trinajstić information content (AvgIpc) is 3.37. The molecule has 1 aliphatic rings. The standard InChI is InChI=1S/C24H27N3O2/c1-19-14-25-24(22-10-6-3-7-11-22)27(19)16-21-12-13-26(15-21)23(28)18-29-17-20-8-4-2-5-9-20/h2-11,14,21H,12-13,15-18H2,1H3. The maximum absolute atomic E-state index is 12.5. The largest absolute Gasteiger partial charge is 0.367 e. The smallest absolute Gasteiger partial charge is 0.248 e. The molecule has 29 heavy (non-hydrogen) atoms. The zero-order valence-corrected chi connectivity index (χ0v) is 16.8. The molecule has 0 aliphatic carbocycles. The molecule has 0 spiro atoms. The number of benzene rings is 2. The van der Waals surface area contributed by atoms with Crippen LogP contribution in [0.25, 0.3) is 11.4 Å². The van der Waals surface area contributed by atoms with Gasteiger partial charge in [-0.2, -0.15) is 0 Å². The molecule has 0 radical (unpaired) electrons. The zero-order valence-electron chi connectivity index (χ0n) is 16.8. The van der Waals surface area contributed by atoms with Crippen molar-refractivity contribution in [3.63, 3.8) is 0 Å². The molecule has 1 fully saturated rings. The molecule has 5 heteroatoms. The second kappa shape index (κ2) is 9.05. The van der Waals surface area contributed by atoms with E-state index in [4.69, 9.17) is 4.74 Å². The highest BCUT2D eigenvalue weighted by Crippen LogP contribution is 2.24. The van der Waals surface area contributed by atoms with Gasteiger partial charge in [-0.15, -0.1) is 0 Å². The van der Waals surface area contributed by atoms with Crippen LogP contribution in [0.3, 0.4) is 0 Å². The Kier molecular flexibility index (Phi) is 6.06. The van der Waals surface area contributed by atoms with Gasteiger partial charge in [0, 0.05) is 37.1 Å². The third-order valence-electron chi connectivity index (χ3n) is 5.50. The first kappa shape index (κ1) is 19.4. The van der Waals surface area contributed by atoms with Gasteiger partial charge in [0.2, 0.25) is 5.91 Å². The van der Waals surface area contributed by atoms with Crippen LogP contribution >= 0.6 is 0 Å². The Bertz CT molecular complexity index is 937. The van der Waals surface area contributed by atoms with Crippen LogP contribution in [0.2, 0.25) is 0 Å². The van der Waals surface area contributed by atoms with Gasteiger partial charge in [-0.1, -0.05) is 60.7 Å². The fourth-order valence-electron chi connectivity index (χ4n) is 3.90. The number of carbonyl (C=O) groups is 1. The summed E-state index contributed by atoms with van der Waals surface area (Å²) in [4.78, 5) is 19.1. The summed E-state index contributed by atoms with van der Waals surface area (Å²) in [6.45, 7) is 5.16. The van der Waals surface area contributed by atoms with E-state index in [9.17, 15) is 4.79 Å². The topological polar surface area (TPSA) is 47.4 Å². The predicted octanol–water partition coefficient (Wildman–Crippen LogP) is 3.92. The van der Waals surface area contributed by atoms with Crippen LogP contribution in [0.5, 0.6) is 0 Å². The lowest BCUT2D eigenvalue weighted by atomic mass is 10.1. The monoisotopic (exact) mass is 389 g/mol. The Morgan fingerprint density at radius 1 is 1.10 bits per heavy atom. The van der Waals surface area contributed by atoms with Gasteiger partial charge in [-0.25, -0.2) is 4.98 Å². The van der Waals surface area contributed by atoms with Crippen LogP contribution in [0.1, 0.15) is 17.7 Å². The Labute approximate surface area is 171 Å². The highest BCUT2D eigenvalue weighted by atomic mass is 16.5. The quantitative estimate of drug-likeness (QED) is 0.615. The number of nitrogens with zero attached hydrogens (tertiary/aromatic N) is 3. The van der Waals surface area contributed by atoms with E-state index in [1.165, 1.54) is 0 Å². The van der Waals surface area contributed by atoms with Crippen LogP contribution in [0.15, 0.2) is 66.9 Å². The maximum atomic E-state index is 12.5. The van der Waals surface area contributed by atoms with Gasteiger partial charge >= 0.3 is 0 Å². The number of aromatic nitrogens is 2. The number of hydrogen-bond acceptors (Lipinski definition) is 3. The second-order valence-electron chi connectivity index (χ2n) is 7.67. The Morgan fingerprint density at radius 3 is 2.59 bits per heavy atom. The summed E-state index contributed by atoms with van der Waals surface area (Å²) in [6.07, 6.45) is 2.94. The van der Waals surface area contributed by atoms with E-state index in [-0.39, 0.29) is 12.5 Å². The number of ether oxygens (including phenoxy) is 1. The number of amides is 1. The van der Waals surface area contributed by atoms with E-state index in [1.54, 1.807) is 0 Å². The van der Waals surface area contributed by atoms with Crippen molar-refractivity contribution in [2.75, 3.05) is 19.7 Å². The first-order chi connectivity index (χ1) is 14.2. The van der Waals surface area contributed by atoms with Crippen LogP contribution in [-0.4, -0.2) is 40.1 Å². The van der Waals surface area contributed by atoms with E-state index in [0.29, 0.717) is 12.5 Å². The molecule has 3 aromatic rings. The molecule has 0 saturated carbocycles. The molecule has 4 rings (SSSR count). The van der Waals surface area contributed by atoms with E-state index in [0.717, 1.165) is 48.7 Å². The second-order valence-corrected chi connectivity index (χ2v) is 7.67. The number of aryl methyl sites for hydroxylation is 1. The lowest BCUT2D eigenvalue weighted by molar-refractivity contribution is -0.135. The van der Waals surface area contributed by atoms with Crippen LogP contribution in [-0.2, 0) is 22.7 Å². The molecule has 5 nitrogen and oxygen atoms in total. The van der Waals surface area contributed by atoms with Gasteiger partial charge in [0.05, 0.1) is 6.61 Å². The van der Waals surface area contributed by atoms with Crippen molar-refractivity contribution in [2.45, 2.75) is 26.5 Å². The van der Waals surface area contributed by atoms with E-state index < -0.39 is 0 Å². The number of rotatable bonds is 7. The molecule has 150 valence electrons. The lowest BCUT2D eigenvalue weighted by Gasteiger charge is -2.18. The summed E-state index contributed by atoms with van der Waals surface area (Å²) in [6, 6.07) is 20.2. The van der Waals surface area contributed by atoms with Gasteiger partial charge in [0.1, 0.15) is 12.4 Å². The van der Waals surface area contributed by atoms with Crippen LogP contribution in [0, 0.1) is 12.8 Å². The molecule has 0 N–H and O–H groups in total. The minimum Gasteiger partial charge on any atom is -0.367 e. The van der Waals surface area contributed by atoms with E-state index in [2.05, 4.69) is 28.6 Å². The number of likely N-dealkylation sites (tertiary alicyclic amines) is 1. The molecule has 1 unspecified atom stereocenters. The summed E-state index contributed by atoms with van der Waals surface area (Å²) >= 11 is 0. The molecule has 1 atom stereocenters. The van der Waals surface area contributed by atoms with Gasteiger partial charge in [-0.05, 0) is 24.8 Å². The Morgan fingerprint density at radius 2 is 1.83 bits per heavy atom. The molecule has 1 aliphatic heterocycles. The predicted molar refractivity (Wildman–Crippen MR) is 113 cm³/mol. The summed E-state index contributed by atoms with van der Waals surface area (Å²) in [5, 5.41) is 0. The van der Waals surface area contributed by atoms with Crippen molar-refractivity contribution < 1.29 is 9.53 Å². The Hall–Kier alpha value is -2.92. The molecule has 2 heterocycles. The Balaban J connectivity index is 1.31. The molecule has 1 aromatic heterocycles. The normalized spacial score (nSPS) is 16.3. The van der Waals surface area contributed by atoms with Gasteiger partial charge in [0.15, 0.2) is 0 Å². The van der Waals surface area contributed by atoms with Crippen molar-refractivity contribution in [1.29, 1.82) is 0 Å². The summed E-state index contributed by atoms with van der Waals surface area (Å²) < 4.78 is 7.90. The SMILES string of the molecule is Cc1cnc(-c2ccccc2)n1CC1CCN(C(=O)COCc2ccccc2)C1. The lowest BCUT2D eigenvalue weighted by Crippen LogP contribution is -2.32. The van der Waals surface area contributed by atoms with Crippen molar-refractivity contribution in [3.8, 4) is 11.4 Å². The molecule has 2 aromatic carbocycles. The van der Waals surface area contributed by atoms with Crippen molar-refractivity contribution >= 4 is 5.91 Å². The fourth-order valence-corrected chi connectivity index (χ4v) is 3.90. The molecule has 0 bridgehead atoms. The number of imidazole rings is 1. The molecular formula is C24H27N3O2. The van der Waals surface area contributed by atoms with Crippen LogP contribution in [0.4, 0.5) is 0 Å². The maximum Gasteiger partial charge on any atom is 0.248 e. The van der Waals surface area contributed by atoms with Gasteiger partial charge in [-0.3, -0.25) is 4.79 Å². The van der Waals surface area contributed by atoms with Gasteiger partial charge in [0.25, 0.3) is 0 Å². The fraction of sp³-hybridized carbons (Fsp3) is 0.333. The summed E-state index contributed by atoms with van der Waals surface area (Å²) in [7, 11) is 0. The summed E-state index contributed by atoms with van der Waals surface area (Å²) in [5.41, 5.74) is 3.37. The van der Waals surface area contributed by atoms with E-state index in [1.807, 2.05) is 59.6 Å². The van der Waals surface area contributed by atoms with Crippen molar-refractivity contribution in [1.82, 2.24) is 14.5 Å². The number of hydrogen-bond donors (Lipinski definition) is 0. The minimum absolute atomic E-state index is 0.0778. The highest BCUT2D eigenvalue weighted by Gasteiger charge is 2.27. The summed E-state index contributed by atoms with van der Waals surface area (Å²) in [5.74, 6) is 1.51. The van der Waals surface area contributed by atoms with Crippen LogP contribution < -0.4 is 0 Å². The highest BCUT2D eigenvalue weighted by molar-refractivity contribution is 5.77. The average molecular weight is 389 g/mol. The minimum atomic E-state index is 0.0778.